The third-order valence-corrected chi connectivity index (χ3v) is 5.49. The molecule has 0 heterocycles. The van der Waals surface area contributed by atoms with E-state index in [1.54, 1.807) is 11.1 Å². The minimum atomic E-state index is -0.664. The Balaban J connectivity index is 1.71. The van der Waals surface area contributed by atoms with Crippen molar-refractivity contribution in [3.8, 4) is 12.3 Å². The molecule has 0 radical (unpaired) electrons. The second-order valence-electron chi connectivity index (χ2n) is 8.06. The van der Waals surface area contributed by atoms with Crippen molar-refractivity contribution in [1.29, 1.82) is 0 Å². The van der Waals surface area contributed by atoms with Crippen LogP contribution in [0.1, 0.15) is 24.0 Å². The monoisotopic (exact) mass is 433 g/mol. The lowest BCUT2D eigenvalue weighted by molar-refractivity contribution is -0.214. The maximum atomic E-state index is 12.6. The molecular weight excluding hydrogens is 402 g/mol. The number of aliphatic hydroxyl groups excluding tert-OH is 1. The first-order valence-electron chi connectivity index (χ1n) is 11.0. The van der Waals surface area contributed by atoms with Crippen molar-refractivity contribution in [2.75, 3.05) is 13.7 Å². The van der Waals surface area contributed by atoms with Crippen LogP contribution >= 0.6 is 0 Å². The smallest absolute Gasteiger partial charge is 0.325 e. The van der Waals surface area contributed by atoms with Crippen molar-refractivity contribution >= 4 is 5.97 Å². The van der Waals surface area contributed by atoms with Crippen LogP contribution in [-0.2, 0) is 27.2 Å². The van der Waals surface area contributed by atoms with Crippen molar-refractivity contribution in [2.45, 2.75) is 43.9 Å². The van der Waals surface area contributed by atoms with Gasteiger partial charge in [-0.2, -0.15) is 5.06 Å². The zero-order valence-electron chi connectivity index (χ0n) is 18.5. The van der Waals surface area contributed by atoms with E-state index in [0.717, 1.165) is 24.0 Å². The van der Waals surface area contributed by atoms with E-state index >= 15 is 0 Å². The van der Waals surface area contributed by atoms with Gasteiger partial charge in [0.25, 0.3) is 0 Å². The molecule has 0 unspecified atom stereocenters. The third-order valence-electron chi connectivity index (χ3n) is 5.49. The van der Waals surface area contributed by atoms with E-state index in [-0.39, 0.29) is 12.6 Å². The van der Waals surface area contributed by atoms with Gasteiger partial charge in [-0.05, 0) is 29.9 Å². The molecular formula is C27H31NO4. The lowest BCUT2D eigenvalue weighted by atomic mass is 10.1. The zero-order chi connectivity index (χ0) is 22.8. The van der Waals surface area contributed by atoms with Gasteiger partial charge in [-0.25, -0.2) is 0 Å². The van der Waals surface area contributed by atoms with Gasteiger partial charge >= 0.3 is 5.97 Å². The lowest BCUT2D eigenvalue weighted by Gasteiger charge is -2.30. The third kappa shape index (κ3) is 7.35. The van der Waals surface area contributed by atoms with Crippen molar-refractivity contribution in [1.82, 2.24) is 5.06 Å². The van der Waals surface area contributed by atoms with Gasteiger partial charge in [0.1, 0.15) is 12.1 Å². The van der Waals surface area contributed by atoms with Gasteiger partial charge in [0.2, 0.25) is 0 Å². The molecule has 1 aliphatic carbocycles. The number of esters is 1. The first-order valence-corrected chi connectivity index (χ1v) is 11.0. The summed E-state index contributed by atoms with van der Waals surface area (Å²) < 4.78 is 5.05. The first kappa shape index (κ1) is 23.7. The highest BCUT2D eigenvalue weighted by molar-refractivity contribution is 5.76. The maximum Gasteiger partial charge on any atom is 0.325 e. The van der Waals surface area contributed by atoms with Gasteiger partial charge in [0.15, 0.2) is 0 Å². The minimum absolute atomic E-state index is 0.149. The molecule has 1 N–H and O–H groups in total. The Hall–Kier alpha value is -2.91. The van der Waals surface area contributed by atoms with Gasteiger partial charge < -0.3 is 9.84 Å². The highest BCUT2D eigenvalue weighted by Crippen LogP contribution is 2.36. The highest BCUT2D eigenvalue weighted by atomic mass is 16.7. The SMILES string of the molecule is C#CCN(O[C@@H](/C=C/[C@@H](O)Cc1ccccc1)C1CC1)[C@@H](Cc1ccccc1)C(=O)OC. The topological polar surface area (TPSA) is 59.0 Å². The fourth-order valence-electron chi connectivity index (χ4n) is 3.61. The van der Waals surface area contributed by atoms with Gasteiger partial charge in [0.05, 0.1) is 19.8 Å². The molecule has 3 atom stereocenters. The number of hydrogen-bond donors (Lipinski definition) is 1. The van der Waals surface area contributed by atoms with Gasteiger partial charge in [0, 0.05) is 12.8 Å². The molecule has 0 saturated heterocycles. The van der Waals surface area contributed by atoms with Gasteiger partial charge in [-0.1, -0.05) is 78.7 Å². The van der Waals surface area contributed by atoms with Gasteiger partial charge in [-0.3, -0.25) is 9.63 Å². The van der Waals surface area contributed by atoms with Crippen LogP contribution in [0.3, 0.4) is 0 Å². The number of hydroxylamine groups is 2. The Labute approximate surface area is 190 Å². The summed E-state index contributed by atoms with van der Waals surface area (Å²) in [5, 5.41) is 12.0. The molecule has 2 aromatic carbocycles. The first-order chi connectivity index (χ1) is 15.6. The number of terminal acetylenes is 1. The van der Waals surface area contributed by atoms with E-state index in [1.807, 2.05) is 66.7 Å². The number of hydrogen-bond acceptors (Lipinski definition) is 5. The van der Waals surface area contributed by atoms with Crippen molar-refractivity contribution in [2.24, 2.45) is 5.92 Å². The van der Waals surface area contributed by atoms with Crippen LogP contribution in [0.15, 0.2) is 72.8 Å². The number of nitrogens with zero attached hydrogens (tertiary/aromatic N) is 1. The highest BCUT2D eigenvalue weighted by Gasteiger charge is 2.36. The number of methoxy groups -OCH3 is 1. The number of rotatable bonds is 12. The van der Waals surface area contributed by atoms with Crippen LogP contribution < -0.4 is 0 Å². The Kier molecular flexibility index (Phi) is 9.06. The molecule has 0 bridgehead atoms. The molecule has 1 fully saturated rings. The average molecular weight is 434 g/mol. The molecule has 0 spiro atoms. The van der Waals surface area contributed by atoms with E-state index in [4.69, 9.17) is 16.0 Å². The van der Waals surface area contributed by atoms with Crippen molar-refractivity contribution < 1.29 is 19.5 Å². The summed E-state index contributed by atoms with van der Waals surface area (Å²) in [6.07, 6.45) is 11.4. The number of ether oxygens (including phenoxy) is 1. The Morgan fingerprint density at radius 1 is 1.09 bits per heavy atom. The summed E-state index contributed by atoms with van der Waals surface area (Å²) in [4.78, 5) is 18.9. The normalized spacial score (nSPS) is 16.4. The molecule has 1 aliphatic rings. The Morgan fingerprint density at radius 3 is 2.22 bits per heavy atom. The maximum absolute atomic E-state index is 12.6. The van der Waals surface area contributed by atoms with E-state index in [9.17, 15) is 9.90 Å². The van der Waals surface area contributed by atoms with Gasteiger partial charge in [-0.15, -0.1) is 6.42 Å². The summed E-state index contributed by atoms with van der Waals surface area (Å²) in [5.41, 5.74) is 2.06. The molecule has 5 heteroatoms. The molecule has 32 heavy (non-hydrogen) atoms. The number of benzene rings is 2. The van der Waals surface area contributed by atoms with Crippen LogP contribution in [0.4, 0.5) is 0 Å². The lowest BCUT2D eigenvalue weighted by Crippen LogP contribution is -2.45. The van der Waals surface area contributed by atoms with E-state index < -0.39 is 18.1 Å². The predicted molar refractivity (Wildman–Crippen MR) is 124 cm³/mol. The second kappa shape index (κ2) is 12.2. The molecule has 0 amide bonds. The molecule has 1 saturated carbocycles. The number of carbonyl (C=O) groups is 1. The molecule has 0 aromatic heterocycles. The van der Waals surface area contributed by atoms with Crippen LogP contribution in [0.2, 0.25) is 0 Å². The number of carbonyl (C=O) groups excluding carboxylic acids is 1. The second-order valence-corrected chi connectivity index (χ2v) is 8.06. The van der Waals surface area contributed by atoms with Crippen molar-refractivity contribution in [3.63, 3.8) is 0 Å². The molecule has 2 aromatic rings. The van der Waals surface area contributed by atoms with Crippen LogP contribution in [-0.4, -0.2) is 48.0 Å². The molecule has 168 valence electrons. The van der Waals surface area contributed by atoms with E-state index in [2.05, 4.69) is 5.92 Å². The van der Waals surface area contributed by atoms with Crippen LogP contribution in [0.5, 0.6) is 0 Å². The summed E-state index contributed by atoms with van der Waals surface area (Å²) >= 11 is 0. The standard InChI is InChI=1S/C27H31NO4/c1-3-18-28(25(27(30)31-2)20-22-12-8-5-9-13-22)32-26(23-14-15-23)17-16-24(29)19-21-10-6-4-7-11-21/h1,4-13,16-17,23-26,29H,14-15,18-20H2,2H3/b17-16+/t24-,25+,26+/m1/s1. The minimum Gasteiger partial charge on any atom is -0.468 e. The summed E-state index contributed by atoms with van der Waals surface area (Å²) in [5.74, 6) is 2.54. The largest absolute Gasteiger partial charge is 0.468 e. The van der Waals surface area contributed by atoms with Crippen LogP contribution in [0.25, 0.3) is 0 Å². The fourth-order valence-corrected chi connectivity index (χ4v) is 3.61. The zero-order valence-corrected chi connectivity index (χ0v) is 18.5. The number of aliphatic hydroxyl groups is 1. The van der Waals surface area contributed by atoms with Crippen LogP contribution in [0, 0.1) is 18.3 Å². The fraction of sp³-hybridized carbons (Fsp3) is 0.370. The summed E-state index contributed by atoms with van der Waals surface area (Å²) in [6, 6.07) is 18.9. The molecule has 0 aliphatic heterocycles. The predicted octanol–water partition coefficient (Wildman–Crippen LogP) is 3.58. The van der Waals surface area contributed by atoms with E-state index in [1.165, 1.54) is 7.11 Å². The summed E-state index contributed by atoms with van der Waals surface area (Å²) in [6.45, 7) is 0.149. The quantitative estimate of drug-likeness (QED) is 0.240. The van der Waals surface area contributed by atoms with Crippen molar-refractivity contribution in [3.05, 3.63) is 83.9 Å². The summed E-state index contributed by atoms with van der Waals surface area (Å²) in [7, 11) is 1.37. The Bertz CT molecular complexity index is 902. The Morgan fingerprint density at radius 2 is 1.69 bits per heavy atom. The van der Waals surface area contributed by atoms with E-state index in [0.29, 0.717) is 18.8 Å². The molecule has 5 nitrogen and oxygen atoms in total. The average Bonchev–Trinajstić information content (AvgIpc) is 3.66. The molecule has 3 rings (SSSR count).